The molecule has 0 rings (SSSR count). The van der Waals surface area contributed by atoms with Gasteiger partial charge in [0.1, 0.15) is 6.04 Å². The molecule has 0 spiro atoms. The summed E-state index contributed by atoms with van der Waals surface area (Å²) >= 11 is 0. The standard InChI is InChI=1S/C7H12N2O3/c1-5(2)7(11)8-3-6(4-10)9-12/h6,10H,1,3-4H2,2H3,(H,8,11). The number of nitrogens with zero attached hydrogens (tertiary/aromatic N) is 1. The summed E-state index contributed by atoms with van der Waals surface area (Å²) in [6, 6.07) is -0.770. The van der Waals surface area contributed by atoms with Gasteiger partial charge in [-0.15, -0.1) is 0 Å². The maximum absolute atomic E-state index is 10.8. The van der Waals surface area contributed by atoms with Crippen molar-refractivity contribution < 1.29 is 9.90 Å². The highest BCUT2D eigenvalue weighted by molar-refractivity contribution is 5.92. The minimum Gasteiger partial charge on any atom is -0.394 e. The van der Waals surface area contributed by atoms with Gasteiger partial charge in [0.05, 0.1) is 6.61 Å². The fourth-order valence-electron chi connectivity index (χ4n) is 0.497. The van der Waals surface area contributed by atoms with E-state index in [-0.39, 0.29) is 19.1 Å². The SMILES string of the molecule is C=C(C)C(=O)NCC(CO)N=O. The third kappa shape index (κ3) is 3.82. The number of hydrogen-bond acceptors (Lipinski definition) is 4. The van der Waals surface area contributed by atoms with Crippen molar-refractivity contribution in [3.05, 3.63) is 17.1 Å². The normalized spacial score (nSPS) is 11.8. The van der Waals surface area contributed by atoms with E-state index in [4.69, 9.17) is 5.11 Å². The van der Waals surface area contributed by atoms with Gasteiger partial charge in [-0.25, -0.2) is 0 Å². The van der Waals surface area contributed by atoms with Crippen LogP contribution in [0.1, 0.15) is 6.92 Å². The van der Waals surface area contributed by atoms with Gasteiger partial charge in [0.15, 0.2) is 0 Å². The summed E-state index contributed by atoms with van der Waals surface area (Å²) in [6.45, 7) is 4.64. The lowest BCUT2D eigenvalue weighted by atomic mass is 10.3. The summed E-state index contributed by atoms with van der Waals surface area (Å²) in [6.07, 6.45) is 0. The number of carbonyl (C=O) groups excluding carboxylic acids is 1. The predicted octanol–water partition coefficient (Wildman–Crippen LogP) is -0.194. The first-order chi connectivity index (χ1) is 5.61. The Morgan fingerprint density at radius 2 is 2.33 bits per heavy atom. The molecule has 0 aromatic carbocycles. The average molecular weight is 172 g/mol. The maximum Gasteiger partial charge on any atom is 0.246 e. The van der Waals surface area contributed by atoms with Gasteiger partial charge in [-0.2, -0.15) is 4.91 Å². The quantitative estimate of drug-likeness (QED) is 0.445. The molecule has 5 heteroatoms. The lowest BCUT2D eigenvalue weighted by Gasteiger charge is -2.06. The fourth-order valence-corrected chi connectivity index (χ4v) is 0.497. The Morgan fingerprint density at radius 3 is 2.67 bits per heavy atom. The van der Waals surface area contributed by atoms with Crippen molar-refractivity contribution in [1.82, 2.24) is 5.32 Å². The fraction of sp³-hybridized carbons (Fsp3) is 0.571. The predicted molar refractivity (Wildman–Crippen MR) is 44.5 cm³/mol. The van der Waals surface area contributed by atoms with E-state index in [0.717, 1.165) is 0 Å². The van der Waals surface area contributed by atoms with Crippen LogP contribution in [0.25, 0.3) is 0 Å². The third-order valence-electron chi connectivity index (χ3n) is 1.25. The molecular weight excluding hydrogens is 160 g/mol. The van der Waals surface area contributed by atoms with E-state index in [1.54, 1.807) is 6.92 Å². The number of aliphatic hydroxyl groups is 1. The van der Waals surface area contributed by atoms with Crippen LogP contribution in [0.15, 0.2) is 17.3 Å². The Labute approximate surface area is 70.4 Å². The average Bonchev–Trinajstić information content (AvgIpc) is 2.05. The third-order valence-corrected chi connectivity index (χ3v) is 1.25. The van der Waals surface area contributed by atoms with E-state index >= 15 is 0 Å². The van der Waals surface area contributed by atoms with Crippen LogP contribution in [0.5, 0.6) is 0 Å². The van der Waals surface area contributed by atoms with E-state index in [1.807, 2.05) is 0 Å². The number of amides is 1. The Kier molecular flexibility index (Phi) is 4.87. The van der Waals surface area contributed by atoms with Gasteiger partial charge >= 0.3 is 0 Å². The smallest absolute Gasteiger partial charge is 0.246 e. The van der Waals surface area contributed by atoms with Crippen LogP contribution in [0.2, 0.25) is 0 Å². The van der Waals surface area contributed by atoms with E-state index < -0.39 is 6.04 Å². The molecule has 1 amide bonds. The van der Waals surface area contributed by atoms with Crippen molar-refractivity contribution in [2.24, 2.45) is 5.18 Å². The molecule has 0 aliphatic carbocycles. The number of nitroso groups, excluding NO2 is 1. The zero-order chi connectivity index (χ0) is 9.56. The Hall–Kier alpha value is -1.23. The molecule has 0 saturated heterocycles. The second-order valence-corrected chi connectivity index (χ2v) is 2.43. The number of aliphatic hydroxyl groups excluding tert-OH is 1. The Bertz CT molecular complexity index is 191. The molecule has 0 fully saturated rings. The summed E-state index contributed by atoms with van der Waals surface area (Å²) in [5.74, 6) is -0.336. The highest BCUT2D eigenvalue weighted by Gasteiger charge is 2.08. The summed E-state index contributed by atoms with van der Waals surface area (Å²) in [5, 5.41) is 13.5. The summed E-state index contributed by atoms with van der Waals surface area (Å²) in [4.78, 5) is 20.8. The molecule has 0 heterocycles. The zero-order valence-electron chi connectivity index (χ0n) is 6.91. The first-order valence-corrected chi connectivity index (χ1v) is 3.48. The first-order valence-electron chi connectivity index (χ1n) is 3.48. The van der Waals surface area contributed by atoms with Gasteiger partial charge in [-0.05, 0) is 6.92 Å². The number of rotatable bonds is 5. The van der Waals surface area contributed by atoms with E-state index in [2.05, 4.69) is 17.1 Å². The lowest BCUT2D eigenvalue weighted by molar-refractivity contribution is -0.117. The van der Waals surface area contributed by atoms with E-state index in [0.29, 0.717) is 5.57 Å². The molecule has 68 valence electrons. The lowest BCUT2D eigenvalue weighted by Crippen LogP contribution is -2.33. The molecule has 0 aromatic rings. The molecule has 0 bridgehead atoms. The van der Waals surface area contributed by atoms with Gasteiger partial charge in [-0.3, -0.25) is 4.79 Å². The van der Waals surface area contributed by atoms with Crippen LogP contribution in [0.3, 0.4) is 0 Å². The molecule has 0 aliphatic rings. The van der Waals surface area contributed by atoms with Gasteiger partial charge in [0.2, 0.25) is 5.91 Å². The summed E-state index contributed by atoms with van der Waals surface area (Å²) < 4.78 is 0. The topological polar surface area (TPSA) is 78.8 Å². The second kappa shape index (κ2) is 5.42. The van der Waals surface area contributed by atoms with Gasteiger partial charge < -0.3 is 10.4 Å². The van der Waals surface area contributed by atoms with Crippen molar-refractivity contribution >= 4 is 5.91 Å². The van der Waals surface area contributed by atoms with Crippen LogP contribution < -0.4 is 5.32 Å². The van der Waals surface area contributed by atoms with Crippen molar-refractivity contribution in [1.29, 1.82) is 0 Å². The summed E-state index contributed by atoms with van der Waals surface area (Å²) in [5.41, 5.74) is 0.359. The molecule has 5 nitrogen and oxygen atoms in total. The highest BCUT2D eigenvalue weighted by atomic mass is 16.3. The summed E-state index contributed by atoms with van der Waals surface area (Å²) in [7, 11) is 0. The van der Waals surface area contributed by atoms with E-state index in [1.165, 1.54) is 0 Å². The zero-order valence-corrected chi connectivity index (χ0v) is 6.91. The van der Waals surface area contributed by atoms with Gasteiger partial charge in [0, 0.05) is 12.1 Å². The minimum atomic E-state index is -0.770. The Morgan fingerprint density at radius 1 is 1.75 bits per heavy atom. The molecule has 0 aliphatic heterocycles. The molecule has 0 radical (unpaired) electrons. The van der Waals surface area contributed by atoms with Crippen molar-refractivity contribution in [2.75, 3.05) is 13.2 Å². The maximum atomic E-state index is 10.8. The van der Waals surface area contributed by atoms with Gasteiger partial charge in [-0.1, -0.05) is 11.8 Å². The molecule has 2 N–H and O–H groups in total. The van der Waals surface area contributed by atoms with Crippen molar-refractivity contribution in [2.45, 2.75) is 13.0 Å². The molecule has 1 unspecified atom stereocenters. The second-order valence-electron chi connectivity index (χ2n) is 2.43. The van der Waals surface area contributed by atoms with Crippen LogP contribution in [-0.4, -0.2) is 30.2 Å². The van der Waals surface area contributed by atoms with Crippen LogP contribution in [0, 0.1) is 4.91 Å². The van der Waals surface area contributed by atoms with Crippen LogP contribution in [0.4, 0.5) is 0 Å². The molecular formula is C7H12N2O3. The molecule has 0 saturated carbocycles. The number of hydrogen-bond donors (Lipinski definition) is 2. The number of nitrogens with one attached hydrogen (secondary N) is 1. The largest absolute Gasteiger partial charge is 0.394 e. The van der Waals surface area contributed by atoms with Crippen LogP contribution in [-0.2, 0) is 4.79 Å². The van der Waals surface area contributed by atoms with Crippen LogP contribution >= 0.6 is 0 Å². The monoisotopic (exact) mass is 172 g/mol. The molecule has 1 atom stereocenters. The van der Waals surface area contributed by atoms with Crippen molar-refractivity contribution in [3.8, 4) is 0 Å². The molecule has 12 heavy (non-hydrogen) atoms. The molecule has 0 aromatic heterocycles. The minimum absolute atomic E-state index is 0.0473. The Balaban J connectivity index is 3.73. The first kappa shape index (κ1) is 10.8. The van der Waals surface area contributed by atoms with Gasteiger partial charge in [0.25, 0.3) is 0 Å². The van der Waals surface area contributed by atoms with Crippen molar-refractivity contribution in [3.63, 3.8) is 0 Å². The highest BCUT2D eigenvalue weighted by Crippen LogP contribution is 1.89. The number of carbonyl (C=O) groups is 1. The van der Waals surface area contributed by atoms with E-state index in [9.17, 15) is 9.70 Å².